The molecule has 1 aromatic rings. The minimum Gasteiger partial charge on any atom is -0.385 e. The molecule has 2 N–H and O–H groups in total. The number of fused-ring (bicyclic) bond motifs is 1. The smallest absolute Gasteiger partial charge is 0.0886 e. The summed E-state index contributed by atoms with van der Waals surface area (Å²) in [6, 6.07) is 9.23. The molecular weight excluding hydrogens is 440 g/mol. The van der Waals surface area contributed by atoms with Crippen LogP contribution >= 0.6 is 0 Å². The molecule has 0 spiro atoms. The van der Waals surface area contributed by atoms with Crippen LogP contribution in [0.1, 0.15) is 99.1 Å². The van der Waals surface area contributed by atoms with Crippen LogP contribution in [0.25, 0.3) is 6.08 Å². The maximum Gasteiger partial charge on any atom is 0.0886 e. The summed E-state index contributed by atoms with van der Waals surface area (Å²) in [7, 11) is 0. The minimum atomic E-state index is 0.319. The normalized spacial score (nSPS) is 16.9. The van der Waals surface area contributed by atoms with Crippen LogP contribution in [0.2, 0.25) is 0 Å². The first-order valence-electron chi connectivity index (χ1n) is 14.4. The number of rotatable bonds is 10. The van der Waals surface area contributed by atoms with Gasteiger partial charge in [0, 0.05) is 24.4 Å². The van der Waals surface area contributed by atoms with Gasteiger partial charge >= 0.3 is 0 Å². The first-order chi connectivity index (χ1) is 17.4. The van der Waals surface area contributed by atoms with Gasteiger partial charge in [0.25, 0.3) is 0 Å². The number of hydrogen-bond donors (Lipinski definition) is 2. The fourth-order valence-electron chi connectivity index (χ4n) is 4.46. The Labute approximate surface area is 223 Å². The van der Waals surface area contributed by atoms with Crippen molar-refractivity contribution in [3.63, 3.8) is 0 Å². The lowest BCUT2D eigenvalue weighted by Crippen LogP contribution is -2.24. The molecule has 0 saturated carbocycles. The molecule has 202 valence electrons. The highest BCUT2D eigenvalue weighted by atomic mass is 15.3. The van der Waals surface area contributed by atoms with E-state index in [9.17, 15) is 0 Å². The van der Waals surface area contributed by atoms with Gasteiger partial charge in [-0.3, -0.25) is 4.90 Å². The van der Waals surface area contributed by atoms with E-state index in [1.165, 1.54) is 40.8 Å². The average Bonchev–Trinajstić information content (AvgIpc) is 3.19. The van der Waals surface area contributed by atoms with Crippen molar-refractivity contribution in [2.24, 2.45) is 11.0 Å². The molecule has 1 unspecified atom stereocenters. The standard InChI is InChI=1S/C26H38N4.C4H10.C2H6/c1-5-16-30(17-6-2)19-22-11-8-10-21(18-22)14-15-25-26-20(4)23(27-7-3)12-9-13-24(26)28-29-25;1-4(2)3;1-2/h8,10-12,14-15,18,24,27-28H,5-7,9,13,16-17,19H2,1-4H3;4H,1-3H3;1-2H3/b15-14+;;. The molecule has 0 aromatic heterocycles. The van der Waals surface area contributed by atoms with Crippen molar-refractivity contribution in [1.29, 1.82) is 0 Å². The molecule has 3 rings (SSSR count). The zero-order valence-electron chi connectivity index (χ0n) is 24.7. The van der Waals surface area contributed by atoms with E-state index >= 15 is 0 Å². The van der Waals surface area contributed by atoms with Crippen molar-refractivity contribution in [2.75, 3.05) is 19.6 Å². The second kappa shape index (κ2) is 18.0. The lowest BCUT2D eigenvalue weighted by atomic mass is 9.95. The first kappa shape index (κ1) is 31.7. The third-order valence-corrected chi connectivity index (χ3v) is 5.81. The van der Waals surface area contributed by atoms with Gasteiger partial charge in [0.05, 0.1) is 11.8 Å². The molecule has 0 radical (unpaired) electrons. The van der Waals surface area contributed by atoms with Gasteiger partial charge in [0.1, 0.15) is 0 Å². The first-order valence-corrected chi connectivity index (χ1v) is 14.4. The summed E-state index contributed by atoms with van der Waals surface area (Å²) in [5.41, 5.74) is 10.9. The summed E-state index contributed by atoms with van der Waals surface area (Å²) < 4.78 is 0. The van der Waals surface area contributed by atoms with Crippen molar-refractivity contribution in [1.82, 2.24) is 15.6 Å². The Morgan fingerprint density at radius 2 is 1.75 bits per heavy atom. The van der Waals surface area contributed by atoms with Gasteiger partial charge < -0.3 is 10.7 Å². The summed E-state index contributed by atoms with van der Waals surface area (Å²) in [5, 5.41) is 8.18. The Balaban J connectivity index is 0.000000982. The van der Waals surface area contributed by atoms with Crippen LogP contribution < -0.4 is 10.7 Å². The van der Waals surface area contributed by atoms with E-state index < -0.39 is 0 Å². The Hall–Kier alpha value is -2.33. The van der Waals surface area contributed by atoms with Gasteiger partial charge in [-0.2, -0.15) is 5.10 Å². The molecule has 0 saturated heterocycles. The zero-order chi connectivity index (χ0) is 26.9. The largest absolute Gasteiger partial charge is 0.385 e. The van der Waals surface area contributed by atoms with Crippen molar-refractivity contribution in [2.45, 2.75) is 101 Å². The van der Waals surface area contributed by atoms with E-state index in [0.29, 0.717) is 6.04 Å². The fraction of sp³-hybridized carbons (Fsp3) is 0.594. The van der Waals surface area contributed by atoms with Gasteiger partial charge in [0.2, 0.25) is 0 Å². The van der Waals surface area contributed by atoms with Gasteiger partial charge in [0.15, 0.2) is 0 Å². The van der Waals surface area contributed by atoms with Gasteiger partial charge in [-0.05, 0) is 81.3 Å². The highest BCUT2D eigenvalue weighted by Gasteiger charge is 2.27. The van der Waals surface area contributed by atoms with Crippen LogP contribution in [0.15, 0.2) is 58.4 Å². The lowest BCUT2D eigenvalue weighted by molar-refractivity contribution is 0.266. The Kier molecular flexibility index (Phi) is 15.8. The highest BCUT2D eigenvalue weighted by molar-refractivity contribution is 6.13. The van der Waals surface area contributed by atoms with E-state index in [4.69, 9.17) is 0 Å². The third kappa shape index (κ3) is 10.7. The maximum absolute atomic E-state index is 4.66. The van der Waals surface area contributed by atoms with Crippen LogP contribution in [0.3, 0.4) is 0 Å². The monoisotopic (exact) mass is 494 g/mol. The fourth-order valence-corrected chi connectivity index (χ4v) is 4.46. The van der Waals surface area contributed by atoms with Crippen molar-refractivity contribution in [3.05, 3.63) is 64.4 Å². The van der Waals surface area contributed by atoms with Crippen LogP contribution in [0.5, 0.6) is 0 Å². The molecule has 1 aliphatic heterocycles. The number of likely N-dealkylation sites (N-methyl/N-ethyl adjacent to an activating group) is 1. The van der Waals surface area contributed by atoms with E-state index in [1.54, 1.807) is 0 Å². The molecule has 0 amide bonds. The molecule has 1 heterocycles. The summed E-state index contributed by atoms with van der Waals surface area (Å²) in [6.07, 6.45) is 11.3. The molecule has 2 aliphatic rings. The van der Waals surface area contributed by atoms with E-state index in [1.807, 2.05) is 13.8 Å². The second-order valence-corrected chi connectivity index (χ2v) is 10.0. The Morgan fingerprint density at radius 3 is 2.36 bits per heavy atom. The van der Waals surface area contributed by atoms with E-state index in [2.05, 4.69) is 112 Å². The molecule has 4 heteroatoms. The molecular formula is C32H54N4. The van der Waals surface area contributed by atoms with Gasteiger partial charge in [-0.25, -0.2) is 0 Å². The van der Waals surface area contributed by atoms with E-state index in [0.717, 1.165) is 50.7 Å². The summed E-state index contributed by atoms with van der Waals surface area (Å²) in [5.74, 6) is 0.833. The van der Waals surface area contributed by atoms with Crippen molar-refractivity contribution < 1.29 is 0 Å². The highest BCUT2D eigenvalue weighted by Crippen LogP contribution is 2.28. The van der Waals surface area contributed by atoms with Crippen LogP contribution in [0, 0.1) is 5.92 Å². The second-order valence-electron chi connectivity index (χ2n) is 10.0. The van der Waals surface area contributed by atoms with Gasteiger partial charge in [-0.15, -0.1) is 0 Å². The molecule has 4 nitrogen and oxygen atoms in total. The lowest BCUT2D eigenvalue weighted by Gasteiger charge is -2.21. The number of allylic oxidation sites excluding steroid dienone is 3. The molecule has 0 fully saturated rings. The predicted molar refractivity (Wildman–Crippen MR) is 161 cm³/mol. The molecule has 1 atom stereocenters. The summed E-state index contributed by atoms with van der Waals surface area (Å²) in [6.45, 7) is 23.7. The van der Waals surface area contributed by atoms with Crippen molar-refractivity contribution in [3.8, 4) is 0 Å². The predicted octanol–water partition coefficient (Wildman–Crippen LogP) is 7.94. The number of benzene rings is 1. The quantitative estimate of drug-likeness (QED) is 0.347. The molecule has 1 aromatic carbocycles. The Bertz CT molecular complexity index is 867. The average molecular weight is 495 g/mol. The van der Waals surface area contributed by atoms with E-state index in [-0.39, 0.29) is 0 Å². The third-order valence-electron chi connectivity index (χ3n) is 5.81. The molecule has 0 bridgehead atoms. The number of nitrogens with one attached hydrogen (secondary N) is 2. The maximum atomic E-state index is 4.66. The number of hydrazone groups is 1. The molecule has 1 aliphatic carbocycles. The van der Waals surface area contributed by atoms with Crippen LogP contribution in [-0.2, 0) is 6.54 Å². The SMILES string of the molecule is CC.CC(C)C.CCCN(CCC)Cc1cccc(/C=C/C2=NNC3CCC=C(NCC)C(C)=C23)c1. The van der Waals surface area contributed by atoms with Gasteiger partial charge in [-0.1, -0.05) is 84.9 Å². The number of nitrogens with zero attached hydrogens (tertiary/aromatic N) is 2. The Morgan fingerprint density at radius 1 is 1.08 bits per heavy atom. The topological polar surface area (TPSA) is 39.7 Å². The number of hydrogen-bond acceptors (Lipinski definition) is 4. The molecule has 36 heavy (non-hydrogen) atoms. The minimum absolute atomic E-state index is 0.319. The van der Waals surface area contributed by atoms with Crippen LogP contribution in [-0.4, -0.2) is 36.3 Å². The van der Waals surface area contributed by atoms with Crippen LogP contribution in [0.4, 0.5) is 0 Å². The zero-order valence-corrected chi connectivity index (χ0v) is 24.7. The summed E-state index contributed by atoms with van der Waals surface area (Å²) >= 11 is 0. The van der Waals surface area contributed by atoms with Crippen molar-refractivity contribution >= 4 is 11.8 Å². The summed E-state index contributed by atoms with van der Waals surface area (Å²) in [4.78, 5) is 2.55.